The maximum Gasteiger partial charge on any atom is 1.00 e. The monoisotopic (exact) mass is 1450 g/mol. The summed E-state index contributed by atoms with van der Waals surface area (Å²) in [5, 5.41) is 28.0. The second-order valence-corrected chi connectivity index (χ2v) is 23.3. The molecule has 0 atom stereocenters. The Balaban J connectivity index is 0.000000218. The molecule has 0 bridgehead atoms. The number of methoxy groups -OCH3 is 1. The van der Waals surface area contributed by atoms with Crippen LogP contribution in [-0.4, -0.2) is 35.4 Å². The molecule has 0 saturated carbocycles. The molecule has 13 nitrogen and oxygen atoms in total. The van der Waals surface area contributed by atoms with Crippen LogP contribution in [0.1, 0.15) is 38.8 Å². The van der Waals surface area contributed by atoms with Gasteiger partial charge in [0.2, 0.25) is 0 Å². The number of carbonyl (C=O) groups is 3. The Morgan fingerprint density at radius 2 is 0.519 bits per heavy atom. The molecule has 2 N–H and O–H groups in total. The minimum Gasteiger partial charge on any atom is -1.00 e. The van der Waals surface area contributed by atoms with E-state index in [9.17, 15) is 28.6 Å². The number of anilines is 12. The van der Waals surface area contributed by atoms with E-state index in [-0.39, 0.29) is 134 Å². The van der Waals surface area contributed by atoms with Gasteiger partial charge in [0.05, 0.1) is 7.11 Å². The van der Waals surface area contributed by atoms with E-state index in [4.69, 9.17) is 19.5 Å². The number of halogens is 2. The average molecular weight is 1460 g/mol. The summed E-state index contributed by atoms with van der Waals surface area (Å²) in [4.78, 5) is 44.7. The quantitative estimate of drug-likeness (QED) is 0.0245. The van der Waals surface area contributed by atoms with Gasteiger partial charge >= 0.3 is 103 Å². The van der Waals surface area contributed by atoms with Crippen LogP contribution in [0.2, 0.25) is 0 Å². The zero-order chi connectivity index (χ0) is 72.6. The van der Waals surface area contributed by atoms with Crippen molar-refractivity contribution in [3.8, 4) is 28.7 Å². The van der Waals surface area contributed by atoms with E-state index in [1.54, 1.807) is 43.5 Å². The molecule has 106 heavy (non-hydrogen) atoms. The van der Waals surface area contributed by atoms with E-state index in [2.05, 4.69) is 146 Å². The maximum atomic E-state index is 12.9. The second kappa shape index (κ2) is 40.0. The van der Waals surface area contributed by atoms with E-state index in [0.29, 0.717) is 33.8 Å². The number of para-hydroxylation sites is 4. The molecule has 0 fully saturated rings. The van der Waals surface area contributed by atoms with Crippen molar-refractivity contribution in [2.75, 3.05) is 26.7 Å². The summed E-state index contributed by atoms with van der Waals surface area (Å²) in [5.41, 5.74) is 15.3. The zero-order valence-corrected chi connectivity index (χ0v) is 64.8. The third-order valence-electron chi connectivity index (χ3n) is 16.3. The Hall–Kier alpha value is -10.6. The molecule has 0 heterocycles. The molecule has 0 amide bonds. The first kappa shape index (κ1) is 79.5. The number of benzene rings is 14. The standard InChI is InChI=1S/C45H36N2O3.C30H24N2O2.C13H8F2O.CH2O3.2K.H/c1-33-13-15-34(16-14-33)45(48)35-17-27-43(28-18-35)50-44-31-25-41(26-32-44)47(37-11-7-4-8-12-37)39-21-19-38(20-22-39)46(36-9-5-3-6-10-36)40-23-29-42(49-2)30-24-40;33-29-19-15-27(16-20-29)31(23-7-3-1-4-8-23)25-11-13-26(14-12-25)32(24-9-5-2-6-10-24)28-17-21-30(34)22-18-28;14-11-5-1-9(2-6-11)13(16)10-3-7-12(15)8-4-10;2-1-4-3;;;/h3-32H,1-2H3;1-22,33-34H;1-8H;1,3H;;;/q;;;;2*+1;-1/p-1. The minimum absolute atomic E-state index is 0. The van der Waals surface area contributed by atoms with Crippen molar-refractivity contribution in [2.45, 2.75) is 6.92 Å². The molecule has 516 valence electrons. The first-order chi connectivity index (χ1) is 50.8. The van der Waals surface area contributed by atoms with Crippen LogP contribution in [0.15, 0.2) is 364 Å². The fourth-order valence-corrected chi connectivity index (χ4v) is 11.2. The van der Waals surface area contributed by atoms with Gasteiger partial charge in [-0.1, -0.05) is 103 Å². The van der Waals surface area contributed by atoms with Crippen molar-refractivity contribution in [3.63, 3.8) is 0 Å². The first-order valence-corrected chi connectivity index (χ1v) is 32.9. The summed E-state index contributed by atoms with van der Waals surface area (Å²) in [6.45, 7) is 1.83. The number of nitrogens with zero attached hydrogens (tertiary/aromatic N) is 4. The summed E-state index contributed by atoms with van der Waals surface area (Å²) >= 11 is 0. The van der Waals surface area contributed by atoms with Gasteiger partial charge in [-0.15, -0.1) is 0 Å². The number of rotatable bonds is 20. The summed E-state index contributed by atoms with van der Waals surface area (Å²) in [5.74, 6) is 1.60. The van der Waals surface area contributed by atoms with Gasteiger partial charge in [0.15, 0.2) is 11.6 Å². The molecular formula is C89H70F2K2N4O9. The summed E-state index contributed by atoms with van der Waals surface area (Å²) in [6, 6.07) is 114. The maximum absolute atomic E-state index is 12.9. The fraction of sp³-hybridized carbons (Fsp3) is 0.0225. The van der Waals surface area contributed by atoms with Crippen molar-refractivity contribution in [3.05, 3.63) is 403 Å². The van der Waals surface area contributed by atoms with Crippen molar-refractivity contribution >= 4 is 86.3 Å². The van der Waals surface area contributed by atoms with Crippen LogP contribution in [-0.2, 0) is 9.68 Å². The van der Waals surface area contributed by atoms with Gasteiger partial charge in [0.25, 0.3) is 6.47 Å². The van der Waals surface area contributed by atoms with Gasteiger partial charge in [-0.3, -0.25) is 14.4 Å². The van der Waals surface area contributed by atoms with Gasteiger partial charge in [-0.05, 0) is 274 Å². The van der Waals surface area contributed by atoms with E-state index in [1.807, 2.05) is 165 Å². The molecule has 17 heteroatoms. The van der Waals surface area contributed by atoms with Crippen molar-refractivity contribution < 1.29 is 157 Å². The van der Waals surface area contributed by atoms with E-state index in [1.165, 1.54) is 48.5 Å². The second-order valence-electron chi connectivity index (χ2n) is 23.3. The van der Waals surface area contributed by atoms with Crippen LogP contribution in [0.5, 0.6) is 28.7 Å². The van der Waals surface area contributed by atoms with Gasteiger partial charge < -0.3 is 50.9 Å². The van der Waals surface area contributed by atoms with E-state index >= 15 is 0 Å². The predicted octanol–water partition coefficient (Wildman–Crippen LogP) is 15.8. The Morgan fingerprint density at radius 3 is 0.764 bits per heavy atom. The number of aromatic hydroxyl groups is 2. The summed E-state index contributed by atoms with van der Waals surface area (Å²) < 4.78 is 36.9. The van der Waals surface area contributed by atoms with Crippen LogP contribution in [0.25, 0.3) is 0 Å². The number of hydrogen-bond acceptors (Lipinski definition) is 13. The smallest absolute Gasteiger partial charge is 1.00 e. The average Bonchev–Trinajstić information content (AvgIpc) is 0.802. The molecule has 0 unspecified atom stereocenters. The molecular weight excluding hydrogens is 1390 g/mol. The Morgan fingerprint density at radius 1 is 0.321 bits per heavy atom. The summed E-state index contributed by atoms with van der Waals surface area (Å²) in [7, 11) is 1.68. The van der Waals surface area contributed by atoms with Gasteiger partial charge in [-0.25, -0.2) is 8.78 Å². The number of aryl methyl sites for hydroxylation is 1. The molecule has 0 aliphatic rings. The number of carbonyl (C=O) groups excluding carboxylic acids is 3. The van der Waals surface area contributed by atoms with Crippen LogP contribution in [0.3, 0.4) is 0 Å². The molecule has 14 rings (SSSR count). The van der Waals surface area contributed by atoms with Gasteiger partial charge in [0.1, 0.15) is 40.4 Å². The minimum atomic E-state index is -0.393. The summed E-state index contributed by atoms with van der Waals surface area (Å²) in [6.07, 6.45) is 0. The van der Waals surface area contributed by atoms with Crippen LogP contribution in [0, 0.1) is 18.6 Å². The Bertz CT molecular complexity index is 4870. The molecule has 0 aliphatic heterocycles. The van der Waals surface area contributed by atoms with Crippen LogP contribution < -0.4 is 137 Å². The Kier molecular flexibility index (Phi) is 30.0. The number of hydrogen-bond donors (Lipinski definition) is 2. The molecule has 0 aromatic heterocycles. The fourth-order valence-electron chi connectivity index (χ4n) is 11.2. The number of ketones is 2. The van der Waals surface area contributed by atoms with Crippen molar-refractivity contribution in [1.29, 1.82) is 0 Å². The molecule has 0 radical (unpaired) electrons. The van der Waals surface area contributed by atoms with Gasteiger partial charge in [-0.2, -0.15) is 0 Å². The van der Waals surface area contributed by atoms with Crippen molar-refractivity contribution in [2.24, 2.45) is 0 Å². The van der Waals surface area contributed by atoms with Crippen LogP contribution in [0.4, 0.5) is 77.0 Å². The number of phenolic OH excluding ortho intramolecular Hbond substituents is 2. The molecule has 0 spiro atoms. The largest absolute Gasteiger partial charge is 1.00 e. The molecule has 0 saturated heterocycles. The Labute approximate surface area is 701 Å². The first-order valence-electron chi connectivity index (χ1n) is 32.9. The predicted molar refractivity (Wildman–Crippen MR) is 407 cm³/mol. The molecule has 14 aromatic carbocycles. The molecule has 0 aliphatic carbocycles. The zero-order valence-electron chi connectivity index (χ0n) is 59.5. The third kappa shape index (κ3) is 21.5. The van der Waals surface area contributed by atoms with Crippen LogP contribution >= 0.6 is 0 Å². The van der Waals surface area contributed by atoms with E-state index in [0.717, 1.165) is 79.6 Å². The topological polar surface area (TPSA) is 155 Å². The normalized spacial score (nSPS) is 10.2. The van der Waals surface area contributed by atoms with E-state index < -0.39 is 11.6 Å². The van der Waals surface area contributed by atoms with Crippen molar-refractivity contribution in [1.82, 2.24) is 0 Å². The van der Waals surface area contributed by atoms with Gasteiger partial charge in [0, 0.05) is 90.5 Å². The SMILES string of the molecule is COc1ccc(N(c2ccccc2)c2ccc(N(c3ccccc3)c3ccc(Oc4ccc(C(=O)c5ccc(C)cc5)cc4)cc3)cc2)cc1.O=C(c1ccc(F)cc1)c1ccc(F)cc1.O=CO[O-].Oc1ccc(N(c2ccccc2)c2ccc(N(c3ccccc3)c3ccc(O)cc3)cc2)cc1.[H-].[K+].[K+]. The number of phenols is 2. The number of ether oxygens (including phenoxy) is 2. The third-order valence-corrected chi connectivity index (χ3v) is 16.3. The molecule has 14 aromatic rings.